The summed E-state index contributed by atoms with van der Waals surface area (Å²) in [5, 5.41) is 3.19. The van der Waals surface area contributed by atoms with Crippen LogP contribution < -0.4 is 11.1 Å². The molecule has 1 aromatic heterocycles. The van der Waals surface area contributed by atoms with Crippen LogP contribution in [0.5, 0.6) is 0 Å². The second-order valence-electron chi connectivity index (χ2n) is 6.47. The summed E-state index contributed by atoms with van der Waals surface area (Å²) in [5.74, 6) is -0.154. The predicted molar refractivity (Wildman–Crippen MR) is 83.1 cm³/mol. The van der Waals surface area contributed by atoms with Crippen LogP contribution in [0.1, 0.15) is 33.6 Å². The van der Waals surface area contributed by atoms with E-state index in [0.717, 1.165) is 19.0 Å². The molecule has 6 nitrogen and oxygen atoms in total. The van der Waals surface area contributed by atoms with Gasteiger partial charge in [-0.25, -0.2) is 14.2 Å². The topological polar surface area (TPSA) is 80.5 Å². The van der Waals surface area contributed by atoms with Crippen LogP contribution in [0.3, 0.4) is 0 Å². The van der Waals surface area contributed by atoms with E-state index < -0.39 is 11.4 Å². The summed E-state index contributed by atoms with van der Waals surface area (Å²) in [6.07, 6.45) is 2.29. The Balaban J connectivity index is 1.87. The van der Waals surface area contributed by atoms with Crippen LogP contribution in [-0.2, 0) is 4.74 Å². The second kappa shape index (κ2) is 6.37. The number of nitrogens with two attached hydrogens (primary N) is 1. The number of nitrogens with zero attached hydrogens (tertiary/aromatic N) is 2. The minimum absolute atomic E-state index is 0.129. The smallest absolute Gasteiger partial charge is 0.410 e. The van der Waals surface area contributed by atoms with Gasteiger partial charge in [-0.2, -0.15) is 0 Å². The molecular weight excluding hydrogens is 287 g/mol. The average molecular weight is 310 g/mol. The van der Waals surface area contributed by atoms with Crippen LogP contribution in [0.4, 0.5) is 20.7 Å². The first-order valence-electron chi connectivity index (χ1n) is 7.40. The predicted octanol–water partition coefficient (Wildman–Crippen LogP) is 2.61. The van der Waals surface area contributed by atoms with Crippen LogP contribution in [0.15, 0.2) is 12.3 Å². The van der Waals surface area contributed by atoms with Gasteiger partial charge in [0.2, 0.25) is 0 Å². The maximum absolute atomic E-state index is 13.2. The van der Waals surface area contributed by atoms with Crippen molar-refractivity contribution in [2.45, 2.75) is 45.3 Å². The lowest BCUT2D eigenvalue weighted by Gasteiger charge is -2.34. The summed E-state index contributed by atoms with van der Waals surface area (Å²) in [4.78, 5) is 17.5. The van der Waals surface area contributed by atoms with Crippen molar-refractivity contribution < 1.29 is 13.9 Å². The molecule has 7 heteroatoms. The fourth-order valence-corrected chi connectivity index (χ4v) is 2.32. The van der Waals surface area contributed by atoms with Gasteiger partial charge in [0, 0.05) is 25.2 Å². The van der Waals surface area contributed by atoms with Gasteiger partial charge in [0.15, 0.2) is 0 Å². The molecule has 3 N–H and O–H groups in total. The number of halogens is 1. The Morgan fingerprint density at radius 1 is 1.45 bits per heavy atom. The highest BCUT2D eigenvalue weighted by atomic mass is 19.1. The van der Waals surface area contributed by atoms with Gasteiger partial charge in [0.25, 0.3) is 0 Å². The van der Waals surface area contributed by atoms with E-state index in [9.17, 15) is 9.18 Å². The largest absolute Gasteiger partial charge is 0.444 e. The zero-order valence-corrected chi connectivity index (χ0v) is 13.2. The quantitative estimate of drug-likeness (QED) is 0.877. The Morgan fingerprint density at radius 2 is 2.09 bits per heavy atom. The Morgan fingerprint density at radius 3 is 2.68 bits per heavy atom. The molecular formula is C15H23FN4O2. The third-order valence-corrected chi connectivity index (χ3v) is 3.39. The van der Waals surface area contributed by atoms with Crippen molar-refractivity contribution in [1.82, 2.24) is 9.88 Å². The van der Waals surface area contributed by atoms with Gasteiger partial charge >= 0.3 is 6.09 Å². The van der Waals surface area contributed by atoms with Crippen molar-refractivity contribution in [3.8, 4) is 0 Å². The highest BCUT2D eigenvalue weighted by molar-refractivity contribution is 5.68. The van der Waals surface area contributed by atoms with E-state index in [1.165, 1.54) is 6.07 Å². The summed E-state index contributed by atoms with van der Waals surface area (Å²) in [6.45, 7) is 6.72. The number of likely N-dealkylation sites (tertiary alicyclic amines) is 1. The summed E-state index contributed by atoms with van der Waals surface area (Å²) in [5.41, 5.74) is 5.73. The number of carbonyl (C=O) groups is 1. The summed E-state index contributed by atoms with van der Waals surface area (Å²) in [6, 6.07) is 1.47. The first-order chi connectivity index (χ1) is 10.2. The Labute approximate surface area is 129 Å². The van der Waals surface area contributed by atoms with Crippen LogP contribution in [-0.4, -0.2) is 40.7 Å². The van der Waals surface area contributed by atoms with E-state index in [0.29, 0.717) is 18.8 Å². The Bertz CT molecular complexity index is 537. The molecule has 0 spiro atoms. The van der Waals surface area contributed by atoms with E-state index in [1.807, 2.05) is 20.8 Å². The van der Waals surface area contributed by atoms with Crippen molar-refractivity contribution in [2.75, 3.05) is 24.1 Å². The number of hydrogen-bond acceptors (Lipinski definition) is 5. The molecule has 1 fully saturated rings. The number of piperidine rings is 1. The molecule has 2 rings (SSSR count). The van der Waals surface area contributed by atoms with Gasteiger partial charge in [-0.15, -0.1) is 0 Å². The first-order valence-corrected chi connectivity index (χ1v) is 7.40. The number of rotatable bonds is 2. The molecule has 1 aromatic rings. The molecule has 1 saturated heterocycles. The number of aromatic nitrogens is 1. The third-order valence-electron chi connectivity index (χ3n) is 3.39. The van der Waals surface area contributed by atoms with E-state index in [-0.39, 0.29) is 18.0 Å². The molecule has 22 heavy (non-hydrogen) atoms. The SMILES string of the molecule is CC(C)(C)OC(=O)N1CCC(Nc2cc(F)cnc2N)CC1. The Kier molecular flexibility index (Phi) is 4.73. The molecule has 0 saturated carbocycles. The third kappa shape index (κ3) is 4.47. The van der Waals surface area contributed by atoms with Gasteiger partial charge in [-0.1, -0.05) is 0 Å². The minimum atomic E-state index is -0.492. The zero-order chi connectivity index (χ0) is 16.3. The molecule has 0 radical (unpaired) electrons. The number of anilines is 2. The van der Waals surface area contributed by atoms with Crippen molar-refractivity contribution in [2.24, 2.45) is 0 Å². The fraction of sp³-hybridized carbons (Fsp3) is 0.600. The van der Waals surface area contributed by atoms with E-state index in [1.54, 1.807) is 4.90 Å². The van der Waals surface area contributed by atoms with Gasteiger partial charge in [0.1, 0.15) is 17.2 Å². The number of hydrogen-bond donors (Lipinski definition) is 2. The molecule has 122 valence electrons. The number of carbonyl (C=O) groups excluding carboxylic acids is 1. The van der Waals surface area contributed by atoms with Crippen LogP contribution in [0.25, 0.3) is 0 Å². The standard InChI is InChI=1S/C15H23FN4O2/c1-15(2,3)22-14(21)20-6-4-11(5-7-20)19-12-8-10(16)9-18-13(12)17/h8-9,11,19H,4-7H2,1-3H3,(H2,17,18). The monoisotopic (exact) mass is 310 g/mol. The number of pyridine rings is 1. The van der Waals surface area contributed by atoms with Crippen LogP contribution in [0, 0.1) is 5.82 Å². The molecule has 0 bridgehead atoms. The van der Waals surface area contributed by atoms with Crippen molar-refractivity contribution in [3.05, 3.63) is 18.1 Å². The maximum atomic E-state index is 13.2. The van der Waals surface area contributed by atoms with E-state index in [4.69, 9.17) is 10.5 Å². The molecule has 0 atom stereocenters. The highest BCUT2D eigenvalue weighted by Gasteiger charge is 2.27. The van der Waals surface area contributed by atoms with Crippen molar-refractivity contribution in [1.29, 1.82) is 0 Å². The fourth-order valence-electron chi connectivity index (χ4n) is 2.32. The lowest BCUT2D eigenvalue weighted by molar-refractivity contribution is 0.0210. The number of nitrogens with one attached hydrogen (secondary N) is 1. The highest BCUT2D eigenvalue weighted by Crippen LogP contribution is 2.22. The van der Waals surface area contributed by atoms with Gasteiger partial charge < -0.3 is 20.7 Å². The minimum Gasteiger partial charge on any atom is -0.444 e. The zero-order valence-electron chi connectivity index (χ0n) is 13.2. The van der Waals surface area contributed by atoms with Gasteiger partial charge in [-0.05, 0) is 33.6 Å². The molecule has 0 unspecified atom stereocenters. The number of ether oxygens (including phenoxy) is 1. The van der Waals surface area contributed by atoms with E-state index >= 15 is 0 Å². The van der Waals surface area contributed by atoms with Crippen LogP contribution in [0.2, 0.25) is 0 Å². The molecule has 0 aromatic carbocycles. The summed E-state index contributed by atoms with van der Waals surface area (Å²) < 4.78 is 18.6. The second-order valence-corrected chi connectivity index (χ2v) is 6.47. The van der Waals surface area contributed by atoms with Gasteiger partial charge in [0.05, 0.1) is 11.9 Å². The molecule has 0 aliphatic carbocycles. The summed E-state index contributed by atoms with van der Waals surface area (Å²) in [7, 11) is 0. The number of amides is 1. The van der Waals surface area contributed by atoms with Crippen molar-refractivity contribution >= 4 is 17.6 Å². The van der Waals surface area contributed by atoms with E-state index in [2.05, 4.69) is 10.3 Å². The molecule has 1 amide bonds. The lowest BCUT2D eigenvalue weighted by Crippen LogP contribution is -2.44. The maximum Gasteiger partial charge on any atom is 0.410 e. The Hall–Kier alpha value is -2.05. The molecule has 1 aliphatic rings. The summed E-state index contributed by atoms with van der Waals surface area (Å²) >= 11 is 0. The van der Waals surface area contributed by atoms with Gasteiger partial charge in [-0.3, -0.25) is 0 Å². The van der Waals surface area contributed by atoms with Crippen molar-refractivity contribution in [3.63, 3.8) is 0 Å². The molecule has 2 heterocycles. The average Bonchev–Trinajstić information content (AvgIpc) is 2.42. The normalized spacial score (nSPS) is 16.5. The lowest BCUT2D eigenvalue weighted by atomic mass is 10.1. The molecule has 1 aliphatic heterocycles. The van der Waals surface area contributed by atoms with Crippen LogP contribution >= 0.6 is 0 Å². The number of nitrogen functional groups attached to an aromatic ring is 1. The first kappa shape index (κ1) is 16.3.